The molecule has 2 aromatic carbocycles. The smallest absolute Gasteiger partial charge is 0.247 e. The number of nitrogens with zero attached hydrogens (tertiary/aromatic N) is 3. The van der Waals surface area contributed by atoms with Crippen molar-refractivity contribution in [3.8, 4) is 0 Å². The zero-order valence-electron chi connectivity index (χ0n) is 17.5. The van der Waals surface area contributed by atoms with E-state index in [0.717, 1.165) is 5.39 Å². The molecule has 2 heterocycles. The van der Waals surface area contributed by atoms with E-state index in [2.05, 4.69) is 0 Å². The topological polar surface area (TPSA) is 78.0 Å². The number of rotatable bonds is 4. The van der Waals surface area contributed by atoms with Gasteiger partial charge in [0.25, 0.3) is 0 Å². The van der Waals surface area contributed by atoms with Crippen molar-refractivity contribution in [3.05, 3.63) is 42.5 Å². The van der Waals surface area contributed by atoms with E-state index in [1.54, 1.807) is 30.1 Å². The third kappa shape index (κ3) is 3.37. The molecule has 4 rings (SSSR count). The van der Waals surface area contributed by atoms with Gasteiger partial charge in [-0.05, 0) is 23.8 Å². The summed E-state index contributed by atoms with van der Waals surface area (Å²) in [5.74, 6) is -0.00476. The van der Waals surface area contributed by atoms with Gasteiger partial charge in [0, 0.05) is 32.1 Å². The molecular weight excluding hydrogens is 402 g/mol. The Morgan fingerprint density at radius 3 is 2.43 bits per heavy atom. The first-order valence-corrected chi connectivity index (χ1v) is 11.7. The Morgan fingerprint density at radius 2 is 1.70 bits per heavy atom. The zero-order chi connectivity index (χ0) is 21.6. The van der Waals surface area contributed by atoms with Gasteiger partial charge in [0.2, 0.25) is 21.8 Å². The molecule has 8 heteroatoms. The van der Waals surface area contributed by atoms with Crippen LogP contribution >= 0.6 is 0 Å². The number of piperazine rings is 2. The van der Waals surface area contributed by atoms with Gasteiger partial charge >= 0.3 is 0 Å². The molecule has 0 saturated carbocycles. The fraction of sp³-hybridized carbons (Fsp3) is 0.455. The van der Waals surface area contributed by atoms with Crippen molar-refractivity contribution in [2.24, 2.45) is 5.92 Å². The molecular formula is C22H27N3O4S. The third-order valence-corrected chi connectivity index (χ3v) is 8.00. The number of amides is 2. The van der Waals surface area contributed by atoms with Crippen LogP contribution in [-0.2, 0) is 19.6 Å². The standard InChI is InChI=1S/C22H27N3O4S/c1-15(2)13-18-22(27)25-12-11-24(14-19(25)21(26)23(18)3)30(28,29)20-10-6-8-16-7-4-5-9-17(16)20/h4-10,15,18-19H,11-14H2,1-3H3/t18-,19+/m0/s1. The minimum atomic E-state index is -3.81. The Kier molecular flexibility index (Phi) is 5.32. The molecule has 0 aromatic heterocycles. The summed E-state index contributed by atoms with van der Waals surface area (Å²) in [5, 5.41) is 1.50. The van der Waals surface area contributed by atoms with Gasteiger partial charge in [0.05, 0.1) is 4.90 Å². The zero-order valence-corrected chi connectivity index (χ0v) is 18.3. The van der Waals surface area contributed by atoms with E-state index in [0.29, 0.717) is 11.8 Å². The molecule has 2 atom stereocenters. The molecule has 2 aliphatic heterocycles. The van der Waals surface area contributed by atoms with Crippen LogP contribution in [0.4, 0.5) is 0 Å². The molecule has 7 nitrogen and oxygen atoms in total. The van der Waals surface area contributed by atoms with Crippen LogP contribution in [0.5, 0.6) is 0 Å². The second-order valence-corrected chi connectivity index (χ2v) is 10.4. The highest BCUT2D eigenvalue weighted by Gasteiger charge is 2.48. The first kappa shape index (κ1) is 20.8. The van der Waals surface area contributed by atoms with Gasteiger partial charge in [-0.25, -0.2) is 8.42 Å². The molecule has 160 valence electrons. The molecule has 30 heavy (non-hydrogen) atoms. The summed E-state index contributed by atoms with van der Waals surface area (Å²) in [4.78, 5) is 29.3. The van der Waals surface area contributed by atoms with Crippen molar-refractivity contribution in [2.45, 2.75) is 37.2 Å². The second-order valence-electron chi connectivity index (χ2n) is 8.48. The molecule has 0 radical (unpaired) electrons. The molecule has 2 saturated heterocycles. The van der Waals surface area contributed by atoms with Crippen LogP contribution in [0.3, 0.4) is 0 Å². The summed E-state index contributed by atoms with van der Waals surface area (Å²) in [5.41, 5.74) is 0. The van der Waals surface area contributed by atoms with E-state index in [1.807, 2.05) is 38.1 Å². The summed E-state index contributed by atoms with van der Waals surface area (Å²) in [6.07, 6.45) is 0.600. The number of carbonyl (C=O) groups is 2. The predicted octanol–water partition coefficient (Wildman–Crippen LogP) is 1.93. The van der Waals surface area contributed by atoms with Gasteiger partial charge in [-0.3, -0.25) is 9.59 Å². The van der Waals surface area contributed by atoms with Crippen molar-refractivity contribution in [3.63, 3.8) is 0 Å². The minimum Gasteiger partial charge on any atom is -0.332 e. The maximum atomic E-state index is 13.5. The average Bonchev–Trinajstić information content (AvgIpc) is 2.74. The number of hydrogen-bond acceptors (Lipinski definition) is 4. The predicted molar refractivity (Wildman–Crippen MR) is 114 cm³/mol. The van der Waals surface area contributed by atoms with Crippen LogP contribution in [0.1, 0.15) is 20.3 Å². The van der Waals surface area contributed by atoms with Gasteiger partial charge < -0.3 is 9.80 Å². The Labute approximate surface area is 177 Å². The van der Waals surface area contributed by atoms with Crippen LogP contribution < -0.4 is 0 Å². The molecule has 0 N–H and O–H groups in total. The molecule has 0 bridgehead atoms. The summed E-state index contributed by atoms with van der Waals surface area (Å²) in [6, 6.07) is 11.3. The van der Waals surface area contributed by atoms with Crippen molar-refractivity contribution < 1.29 is 18.0 Å². The first-order chi connectivity index (χ1) is 14.2. The Bertz CT molecular complexity index is 1090. The van der Waals surface area contributed by atoms with Gasteiger partial charge in [-0.2, -0.15) is 4.31 Å². The van der Waals surface area contributed by atoms with Gasteiger partial charge in [-0.15, -0.1) is 0 Å². The van der Waals surface area contributed by atoms with Crippen molar-refractivity contribution >= 4 is 32.6 Å². The molecule has 0 unspecified atom stereocenters. The van der Waals surface area contributed by atoms with Crippen LogP contribution in [0.25, 0.3) is 10.8 Å². The minimum absolute atomic E-state index is 0.0190. The third-order valence-electron chi connectivity index (χ3n) is 6.07. The molecule has 2 amide bonds. The number of benzene rings is 2. The van der Waals surface area contributed by atoms with E-state index in [4.69, 9.17) is 0 Å². The number of sulfonamides is 1. The highest BCUT2D eigenvalue weighted by atomic mass is 32.2. The quantitative estimate of drug-likeness (QED) is 0.744. The van der Waals surface area contributed by atoms with Gasteiger partial charge in [0.1, 0.15) is 12.1 Å². The summed E-state index contributed by atoms with van der Waals surface area (Å²) in [7, 11) is -2.16. The first-order valence-electron chi connectivity index (χ1n) is 10.3. The average molecular weight is 430 g/mol. The fourth-order valence-electron chi connectivity index (χ4n) is 4.46. The Hall–Kier alpha value is -2.45. The normalized spacial score (nSPS) is 23.3. The highest BCUT2D eigenvalue weighted by Crippen LogP contribution is 2.30. The van der Waals surface area contributed by atoms with Crippen molar-refractivity contribution in [1.82, 2.24) is 14.1 Å². The lowest BCUT2D eigenvalue weighted by molar-refractivity contribution is -0.163. The van der Waals surface area contributed by atoms with E-state index in [1.165, 1.54) is 9.21 Å². The molecule has 2 fully saturated rings. The summed E-state index contributed by atoms with van der Waals surface area (Å²) < 4.78 is 28.3. The maximum Gasteiger partial charge on any atom is 0.247 e. The fourth-order valence-corrected chi connectivity index (χ4v) is 6.11. The molecule has 2 aliphatic rings. The van der Waals surface area contributed by atoms with E-state index < -0.39 is 22.1 Å². The Morgan fingerprint density at radius 1 is 1.00 bits per heavy atom. The lowest BCUT2D eigenvalue weighted by atomic mass is 9.96. The molecule has 2 aromatic rings. The van der Waals surface area contributed by atoms with E-state index >= 15 is 0 Å². The number of hydrogen-bond donors (Lipinski definition) is 0. The van der Waals surface area contributed by atoms with Crippen LogP contribution in [0.15, 0.2) is 47.4 Å². The van der Waals surface area contributed by atoms with E-state index in [-0.39, 0.29) is 42.3 Å². The Balaban J connectivity index is 1.64. The number of likely N-dealkylation sites (N-methyl/N-ethyl adjacent to an activating group) is 1. The highest BCUT2D eigenvalue weighted by molar-refractivity contribution is 7.89. The van der Waals surface area contributed by atoms with Crippen molar-refractivity contribution in [1.29, 1.82) is 0 Å². The lowest BCUT2D eigenvalue weighted by Crippen LogP contribution is -2.69. The van der Waals surface area contributed by atoms with Crippen LogP contribution in [0, 0.1) is 5.92 Å². The monoisotopic (exact) mass is 429 g/mol. The van der Waals surface area contributed by atoms with Gasteiger partial charge in [0.15, 0.2) is 0 Å². The second kappa shape index (κ2) is 7.67. The largest absolute Gasteiger partial charge is 0.332 e. The summed E-state index contributed by atoms with van der Waals surface area (Å²) in [6.45, 7) is 4.43. The molecule has 0 aliphatic carbocycles. The lowest BCUT2D eigenvalue weighted by Gasteiger charge is -2.48. The number of carbonyl (C=O) groups excluding carboxylic acids is 2. The SMILES string of the molecule is CC(C)C[C@H]1C(=O)N2CCN(S(=O)(=O)c3cccc4ccccc34)C[C@@H]2C(=O)N1C. The van der Waals surface area contributed by atoms with E-state index in [9.17, 15) is 18.0 Å². The van der Waals surface area contributed by atoms with Crippen molar-refractivity contribution in [2.75, 3.05) is 26.7 Å². The van der Waals surface area contributed by atoms with Gasteiger partial charge in [-0.1, -0.05) is 50.2 Å². The maximum absolute atomic E-state index is 13.5. The molecule has 0 spiro atoms. The summed E-state index contributed by atoms with van der Waals surface area (Å²) >= 11 is 0. The van der Waals surface area contributed by atoms with Crippen LogP contribution in [0.2, 0.25) is 0 Å². The van der Waals surface area contributed by atoms with Crippen LogP contribution in [-0.4, -0.2) is 73.1 Å². The number of fused-ring (bicyclic) bond motifs is 2.